The lowest BCUT2D eigenvalue weighted by molar-refractivity contribution is -0.133. The first kappa shape index (κ1) is 14.4. The van der Waals surface area contributed by atoms with E-state index in [9.17, 15) is 4.79 Å². The highest BCUT2D eigenvalue weighted by molar-refractivity contribution is 7.99. The Bertz CT molecular complexity index is 676. The van der Waals surface area contributed by atoms with E-state index in [-0.39, 0.29) is 5.75 Å². The van der Waals surface area contributed by atoms with Gasteiger partial charge in [-0.25, -0.2) is 4.98 Å². The van der Waals surface area contributed by atoms with Gasteiger partial charge >= 0.3 is 5.97 Å². The molecule has 3 rings (SSSR count). The van der Waals surface area contributed by atoms with Gasteiger partial charge in [-0.3, -0.25) is 4.79 Å². The fourth-order valence-corrected chi connectivity index (χ4v) is 3.48. The van der Waals surface area contributed by atoms with Crippen molar-refractivity contribution >= 4 is 28.8 Å². The van der Waals surface area contributed by atoms with Gasteiger partial charge in [0.1, 0.15) is 0 Å². The van der Waals surface area contributed by atoms with Gasteiger partial charge in [0.15, 0.2) is 5.16 Å². The summed E-state index contributed by atoms with van der Waals surface area (Å²) >= 11 is 1.31. The van der Waals surface area contributed by atoms with Crippen molar-refractivity contribution in [2.75, 3.05) is 5.75 Å². The molecule has 0 amide bonds. The van der Waals surface area contributed by atoms with Crippen molar-refractivity contribution in [3.8, 4) is 0 Å². The van der Waals surface area contributed by atoms with Crippen LogP contribution in [-0.2, 0) is 11.3 Å². The minimum atomic E-state index is -0.801. The number of imidazole rings is 1. The Morgan fingerprint density at radius 3 is 2.95 bits per heavy atom. The number of benzene rings is 1. The first-order valence-corrected chi connectivity index (χ1v) is 8.34. The Kier molecular flexibility index (Phi) is 3.93. The molecule has 5 heteroatoms. The van der Waals surface area contributed by atoms with Crippen LogP contribution in [0.25, 0.3) is 11.0 Å². The molecule has 1 aliphatic carbocycles. The lowest BCUT2D eigenvalue weighted by atomic mass is 10.1. The molecular formula is C16H20N2O2S. The van der Waals surface area contributed by atoms with Crippen LogP contribution in [0, 0.1) is 18.8 Å². The number of carboxylic acid groups (broad SMARTS) is 1. The molecule has 0 aliphatic heterocycles. The highest BCUT2D eigenvalue weighted by Crippen LogP contribution is 2.38. The first-order chi connectivity index (χ1) is 10.0. The molecule has 112 valence electrons. The van der Waals surface area contributed by atoms with E-state index >= 15 is 0 Å². The fraction of sp³-hybridized carbons (Fsp3) is 0.500. The summed E-state index contributed by atoms with van der Waals surface area (Å²) in [6.07, 6.45) is 2.65. The molecule has 1 saturated carbocycles. The molecular weight excluding hydrogens is 284 g/mol. The van der Waals surface area contributed by atoms with Crippen molar-refractivity contribution in [1.82, 2.24) is 9.55 Å². The zero-order chi connectivity index (χ0) is 15.0. The maximum Gasteiger partial charge on any atom is 0.313 e. The molecule has 1 N–H and O–H groups in total. The van der Waals surface area contributed by atoms with Crippen LogP contribution in [0.15, 0.2) is 23.4 Å². The van der Waals surface area contributed by atoms with Gasteiger partial charge in [0, 0.05) is 6.54 Å². The Labute approximate surface area is 128 Å². The molecule has 1 atom stereocenters. The van der Waals surface area contributed by atoms with Crippen molar-refractivity contribution in [3.63, 3.8) is 0 Å². The van der Waals surface area contributed by atoms with Crippen molar-refractivity contribution < 1.29 is 9.90 Å². The minimum Gasteiger partial charge on any atom is -0.481 e. The van der Waals surface area contributed by atoms with Crippen LogP contribution in [0.2, 0.25) is 0 Å². The van der Waals surface area contributed by atoms with E-state index < -0.39 is 5.97 Å². The van der Waals surface area contributed by atoms with E-state index in [1.54, 1.807) is 0 Å². The number of carbonyl (C=O) groups is 1. The molecule has 1 aliphatic rings. The molecule has 0 radical (unpaired) electrons. The second-order valence-corrected chi connectivity index (χ2v) is 6.94. The summed E-state index contributed by atoms with van der Waals surface area (Å²) in [5.74, 6) is 0.697. The maximum absolute atomic E-state index is 10.8. The van der Waals surface area contributed by atoms with Crippen LogP contribution in [0.5, 0.6) is 0 Å². The number of rotatable bonds is 6. The second kappa shape index (κ2) is 5.72. The highest BCUT2D eigenvalue weighted by Gasteiger charge is 2.29. The number of hydrogen-bond acceptors (Lipinski definition) is 3. The lowest BCUT2D eigenvalue weighted by Gasteiger charge is -2.14. The van der Waals surface area contributed by atoms with Crippen LogP contribution in [0.1, 0.15) is 25.3 Å². The third kappa shape index (κ3) is 3.23. The third-order valence-corrected chi connectivity index (χ3v) is 5.05. The van der Waals surface area contributed by atoms with Crippen molar-refractivity contribution in [1.29, 1.82) is 0 Å². The van der Waals surface area contributed by atoms with Gasteiger partial charge in [0.25, 0.3) is 0 Å². The van der Waals surface area contributed by atoms with E-state index in [0.29, 0.717) is 5.92 Å². The molecule has 0 saturated heterocycles. The van der Waals surface area contributed by atoms with Crippen LogP contribution in [0.4, 0.5) is 0 Å². The quantitative estimate of drug-likeness (QED) is 0.829. The normalized spacial score (nSPS) is 16.3. The summed E-state index contributed by atoms with van der Waals surface area (Å²) in [6, 6.07) is 6.26. The van der Waals surface area contributed by atoms with Gasteiger partial charge < -0.3 is 9.67 Å². The van der Waals surface area contributed by atoms with Gasteiger partial charge in [-0.15, -0.1) is 0 Å². The number of aliphatic carboxylic acids is 1. The second-order valence-electron chi connectivity index (χ2n) is 5.99. The molecule has 1 heterocycles. The van der Waals surface area contributed by atoms with E-state index in [0.717, 1.165) is 28.7 Å². The molecule has 21 heavy (non-hydrogen) atoms. The summed E-state index contributed by atoms with van der Waals surface area (Å²) in [6.45, 7) is 5.25. The van der Waals surface area contributed by atoms with E-state index in [1.165, 1.54) is 30.2 Å². The van der Waals surface area contributed by atoms with E-state index in [4.69, 9.17) is 5.11 Å². The largest absolute Gasteiger partial charge is 0.481 e. The topological polar surface area (TPSA) is 55.1 Å². The van der Waals surface area contributed by atoms with Crippen LogP contribution >= 0.6 is 11.8 Å². The van der Waals surface area contributed by atoms with Crippen LogP contribution < -0.4 is 0 Å². The molecule has 2 aromatic rings. The average molecular weight is 304 g/mol. The first-order valence-electron chi connectivity index (χ1n) is 7.36. The van der Waals surface area contributed by atoms with Crippen molar-refractivity contribution in [3.05, 3.63) is 23.8 Å². The summed E-state index contributed by atoms with van der Waals surface area (Å²) in [5.41, 5.74) is 3.25. The number of hydrogen-bond donors (Lipinski definition) is 1. The molecule has 1 aromatic carbocycles. The Balaban J connectivity index is 1.95. The number of nitrogens with zero attached hydrogens (tertiary/aromatic N) is 2. The van der Waals surface area contributed by atoms with Gasteiger partial charge in [-0.2, -0.15) is 0 Å². The molecule has 0 bridgehead atoms. The standard InChI is InChI=1S/C16H20N2O2S/c1-10-3-6-14-13(7-10)17-16(21-9-15(19)20)18(14)8-11(2)12-4-5-12/h3,6-7,11-12H,4-5,8-9H2,1-2H3,(H,19,20). The molecule has 0 spiro atoms. The highest BCUT2D eigenvalue weighted by atomic mass is 32.2. The summed E-state index contributed by atoms with van der Waals surface area (Å²) < 4.78 is 2.20. The number of thioether (sulfide) groups is 1. The number of aryl methyl sites for hydroxylation is 1. The molecule has 1 fully saturated rings. The average Bonchev–Trinajstić information content (AvgIpc) is 3.21. The van der Waals surface area contributed by atoms with Gasteiger partial charge in [0.2, 0.25) is 0 Å². The van der Waals surface area contributed by atoms with Crippen LogP contribution in [0.3, 0.4) is 0 Å². The lowest BCUT2D eigenvalue weighted by Crippen LogP contribution is -2.11. The van der Waals surface area contributed by atoms with Crippen molar-refractivity contribution in [2.24, 2.45) is 11.8 Å². The predicted molar refractivity (Wildman–Crippen MR) is 84.7 cm³/mol. The van der Waals surface area contributed by atoms with Gasteiger partial charge in [0.05, 0.1) is 16.8 Å². The van der Waals surface area contributed by atoms with Gasteiger partial charge in [-0.05, 0) is 49.3 Å². The molecule has 1 aromatic heterocycles. The zero-order valence-corrected chi connectivity index (χ0v) is 13.2. The Morgan fingerprint density at radius 2 is 2.29 bits per heavy atom. The Hall–Kier alpha value is -1.49. The predicted octanol–water partition coefficient (Wildman–Crippen LogP) is 3.57. The molecule has 1 unspecified atom stereocenters. The van der Waals surface area contributed by atoms with Crippen LogP contribution in [-0.4, -0.2) is 26.4 Å². The fourth-order valence-electron chi connectivity index (χ4n) is 2.73. The smallest absolute Gasteiger partial charge is 0.313 e. The van der Waals surface area contributed by atoms with E-state index in [2.05, 4.69) is 41.6 Å². The third-order valence-electron chi connectivity index (χ3n) is 4.09. The minimum absolute atomic E-state index is 0.0557. The van der Waals surface area contributed by atoms with Gasteiger partial charge in [-0.1, -0.05) is 24.8 Å². The Morgan fingerprint density at radius 1 is 1.52 bits per heavy atom. The molecule has 4 nitrogen and oxygen atoms in total. The monoisotopic (exact) mass is 304 g/mol. The number of carboxylic acids is 1. The number of fused-ring (bicyclic) bond motifs is 1. The zero-order valence-electron chi connectivity index (χ0n) is 12.4. The van der Waals surface area contributed by atoms with E-state index in [1.807, 2.05) is 0 Å². The SMILES string of the molecule is Cc1ccc2c(c1)nc(SCC(=O)O)n2CC(C)C1CC1. The maximum atomic E-state index is 10.8. The summed E-state index contributed by atoms with van der Waals surface area (Å²) in [4.78, 5) is 15.5. The summed E-state index contributed by atoms with van der Waals surface area (Å²) in [7, 11) is 0. The number of aromatic nitrogens is 2. The van der Waals surface area contributed by atoms with Crippen molar-refractivity contribution in [2.45, 2.75) is 38.4 Å². The summed E-state index contributed by atoms with van der Waals surface area (Å²) in [5, 5.41) is 9.73.